The molecule has 3 N–H and O–H groups in total. The molecular weight excluding hydrogens is 362 g/mol. The molecule has 0 fully saturated rings. The molecule has 0 amide bonds. The van der Waals surface area contributed by atoms with E-state index in [0.717, 1.165) is 17.8 Å². The Labute approximate surface area is 172 Å². The normalized spacial score (nSPS) is 14.9. The van der Waals surface area contributed by atoms with Crippen molar-refractivity contribution < 1.29 is 4.43 Å². The van der Waals surface area contributed by atoms with E-state index in [1.165, 1.54) is 5.56 Å². The molecule has 2 atom stereocenters. The van der Waals surface area contributed by atoms with Gasteiger partial charge in [0.2, 0.25) is 0 Å². The molecule has 0 aliphatic rings. The van der Waals surface area contributed by atoms with Gasteiger partial charge < -0.3 is 15.5 Å². The molecule has 0 saturated carbocycles. The lowest BCUT2D eigenvalue weighted by molar-refractivity contribution is 0.171. The average molecular weight is 400 g/mol. The molecule has 0 radical (unpaired) electrons. The Hall–Kier alpha value is -1.69. The van der Waals surface area contributed by atoms with Gasteiger partial charge in [0.15, 0.2) is 8.32 Å². The zero-order valence-electron chi connectivity index (χ0n) is 18.5. The second kappa shape index (κ2) is 9.20. The molecule has 2 rings (SSSR count). The number of aromatic nitrogens is 1. The fourth-order valence-corrected chi connectivity index (χ4v) is 4.29. The molecule has 2 aromatic rings. The molecule has 1 heterocycles. The summed E-state index contributed by atoms with van der Waals surface area (Å²) in [7, 11) is -1.92. The largest absolute Gasteiger partial charge is 0.409 e. The lowest BCUT2D eigenvalue weighted by Crippen LogP contribution is -2.44. The third kappa shape index (κ3) is 5.90. The van der Waals surface area contributed by atoms with Crippen LogP contribution in [-0.2, 0) is 4.43 Å². The SMILES string of the molecule is CC(C)C(NCC(O[Si](C)(C)C(C)(C)C)c1cccnc1)c1ccc(N)cc1. The molecule has 0 aliphatic carbocycles. The number of hydrogen-bond donors (Lipinski definition) is 2. The second-order valence-electron chi connectivity index (χ2n) is 9.45. The Morgan fingerprint density at radius 2 is 1.71 bits per heavy atom. The zero-order chi connectivity index (χ0) is 20.9. The fourth-order valence-electron chi connectivity index (χ4n) is 3.00. The first-order valence-corrected chi connectivity index (χ1v) is 13.1. The molecule has 28 heavy (non-hydrogen) atoms. The number of anilines is 1. The minimum absolute atomic E-state index is 0.0235. The third-order valence-electron chi connectivity index (χ3n) is 5.78. The first-order chi connectivity index (χ1) is 13.0. The Bertz CT molecular complexity index is 724. The predicted octanol–water partition coefficient (Wildman–Crippen LogP) is 5.71. The maximum absolute atomic E-state index is 6.79. The number of pyridine rings is 1. The van der Waals surface area contributed by atoms with E-state index >= 15 is 0 Å². The monoisotopic (exact) mass is 399 g/mol. The van der Waals surface area contributed by atoms with Gasteiger partial charge in [-0.2, -0.15) is 0 Å². The third-order valence-corrected chi connectivity index (χ3v) is 10.3. The number of nitrogens with one attached hydrogen (secondary N) is 1. The quantitative estimate of drug-likeness (QED) is 0.440. The van der Waals surface area contributed by atoms with Crippen molar-refractivity contribution in [2.75, 3.05) is 12.3 Å². The van der Waals surface area contributed by atoms with Crippen molar-refractivity contribution >= 4 is 14.0 Å². The number of nitrogens with zero attached hydrogens (tertiary/aromatic N) is 1. The van der Waals surface area contributed by atoms with Crippen molar-refractivity contribution in [1.82, 2.24) is 10.3 Å². The van der Waals surface area contributed by atoms with Gasteiger partial charge in [-0.25, -0.2) is 0 Å². The van der Waals surface area contributed by atoms with Gasteiger partial charge >= 0.3 is 0 Å². The van der Waals surface area contributed by atoms with E-state index in [1.807, 2.05) is 30.6 Å². The molecule has 0 saturated heterocycles. The van der Waals surface area contributed by atoms with Crippen LogP contribution in [-0.4, -0.2) is 19.8 Å². The van der Waals surface area contributed by atoms with Crippen LogP contribution in [0.25, 0.3) is 0 Å². The molecule has 1 aromatic heterocycles. The maximum Gasteiger partial charge on any atom is 0.192 e. The van der Waals surface area contributed by atoms with E-state index in [0.29, 0.717) is 5.92 Å². The highest BCUT2D eigenvalue weighted by molar-refractivity contribution is 6.74. The number of benzene rings is 1. The zero-order valence-corrected chi connectivity index (χ0v) is 19.5. The van der Waals surface area contributed by atoms with E-state index in [1.54, 1.807) is 0 Å². The van der Waals surface area contributed by atoms with E-state index in [9.17, 15) is 0 Å². The van der Waals surface area contributed by atoms with E-state index in [2.05, 4.69) is 76.2 Å². The van der Waals surface area contributed by atoms with Crippen LogP contribution in [0, 0.1) is 5.92 Å². The van der Waals surface area contributed by atoms with Crippen molar-refractivity contribution in [3.8, 4) is 0 Å². The lowest BCUT2D eigenvalue weighted by Gasteiger charge is -2.40. The van der Waals surface area contributed by atoms with Crippen LogP contribution in [0.15, 0.2) is 48.8 Å². The van der Waals surface area contributed by atoms with Crippen LogP contribution in [0.3, 0.4) is 0 Å². The number of hydrogen-bond acceptors (Lipinski definition) is 4. The first kappa shape index (κ1) is 22.6. The lowest BCUT2D eigenvalue weighted by atomic mass is 9.95. The number of rotatable bonds is 8. The highest BCUT2D eigenvalue weighted by Gasteiger charge is 2.39. The Kier molecular flexibility index (Phi) is 7.43. The summed E-state index contributed by atoms with van der Waals surface area (Å²) >= 11 is 0. The topological polar surface area (TPSA) is 60.2 Å². The minimum atomic E-state index is -1.92. The van der Waals surface area contributed by atoms with Gasteiger partial charge in [-0.1, -0.05) is 52.8 Å². The van der Waals surface area contributed by atoms with Crippen LogP contribution in [0.1, 0.15) is 57.9 Å². The predicted molar refractivity (Wildman–Crippen MR) is 122 cm³/mol. The standard InChI is InChI=1S/C23H37N3OSi/c1-17(2)22(18-10-12-20(24)13-11-18)26-16-21(19-9-8-14-25-15-19)27-28(6,7)23(3,4)5/h8-15,17,21-22,26H,16,24H2,1-7H3. The highest BCUT2D eigenvalue weighted by atomic mass is 28.4. The molecule has 1 aromatic carbocycles. The number of nitrogen functional groups attached to an aromatic ring is 1. The Balaban J connectivity index is 2.22. The van der Waals surface area contributed by atoms with Crippen LogP contribution < -0.4 is 11.1 Å². The second-order valence-corrected chi connectivity index (χ2v) is 14.2. The molecular formula is C23H37N3OSi. The highest BCUT2D eigenvalue weighted by Crippen LogP contribution is 2.39. The molecule has 154 valence electrons. The van der Waals surface area contributed by atoms with Crippen LogP contribution in [0.5, 0.6) is 0 Å². The first-order valence-electron chi connectivity index (χ1n) is 10.2. The van der Waals surface area contributed by atoms with Gasteiger partial charge in [0.05, 0.1) is 6.10 Å². The van der Waals surface area contributed by atoms with Crippen molar-refractivity contribution in [3.63, 3.8) is 0 Å². The Morgan fingerprint density at radius 1 is 1.07 bits per heavy atom. The van der Waals surface area contributed by atoms with Gasteiger partial charge in [0.25, 0.3) is 0 Å². The van der Waals surface area contributed by atoms with Crippen LogP contribution in [0.4, 0.5) is 5.69 Å². The fraction of sp³-hybridized carbons (Fsp3) is 0.522. The van der Waals surface area contributed by atoms with Gasteiger partial charge in [0, 0.05) is 30.7 Å². The molecule has 4 nitrogen and oxygen atoms in total. The smallest absolute Gasteiger partial charge is 0.192 e. The summed E-state index contributed by atoms with van der Waals surface area (Å²) in [5.41, 5.74) is 9.04. The molecule has 5 heteroatoms. The van der Waals surface area contributed by atoms with Crippen molar-refractivity contribution in [1.29, 1.82) is 0 Å². The van der Waals surface area contributed by atoms with Crippen molar-refractivity contribution in [2.45, 2.75) is 64.9 Å². The van der Waals surface area contributed by atoms with Crippen molar-refractivity contribution in [2.24, 2.45) is 5.92 Å². The maximum atomic E-state index is 6.79. The van der Waals surface area contributed by atoms with E-state index in [-0.39, 0.29) is 17.2 Å². The molecule has 0 aliphatic heterocycles. The summed E-state index contributed by atoms with van der Waals surface area (Å²) in [6, 6.07) is 12.5. The van der Waals surface area contributed by atoms with Gasteiger partial charge in [-0.05, 0) is 53.4 Å². The van der Waals surface area contributed by atoms with Gasteiger partial charge in [0.1, 0.15) is 0 Å². The van der Waals surface area contributed by atoms with Crippen molar-refractivity contribution in [3.05, 3.63) is 59.9 Å². The summed E-state index contributed by atoms with van der Waals surface area (Å²) in [5, 5.41) is 3.91. The van der Waals surface area contributed by atoms with Gasteiger partial charge in [-0.3, -0.25) is 4.98 Å². The molecule has 0 bridgehead atoms. The molecule has 2 unspecified atom stereocenters. The van der Waals surface area contributed by atoms with Crippen LogP contribution in [0.2, 0.25) is 18.1 Å². The Morgan fingerprint density at radius 3 is 2.21 bits per heavy atom. The van der Waals surface area contributed by atoms with Gasteiger partial charge in [-0.15, -0.1) is 0 Å². The summed E-state index contributed by atoms with van der Waals surface area (Å²) in [4.78, 5) is 4.32. The van der Waals surface area contributed by atoms with E-state index in [4.69, 9.17) is 10.2 Å². The summed E-state index contributed by atoms with van der Waals surface area (Å²) in [5.74, 6) is 0.450. The summed E-state index contributed by atoms with van der Waals surface area (Å²) in [6.07, 6.45) is 3.71. The summed E-state index contributed by atoms with van der Waals surface area (Å²) < 4.78 is 6.79. The molecule has 0 spiro atoms. The minimum Gasteiger partial charge on any atom is -0.409 e. The van der Waals surface area contributed by atoms with Crippen LogP contribution >= 0.6 is 0 Å². The average Bonchev–Trinajstić information content (AvgIpc) is 2.62. The van der Waals surface area contributed by atoms with E-state index < -0.39 is 8.32 Å². The number of nitrogens with two attached hydrogens (primary N) is 1. The summed E-state index contributed by atoms with van der Waals surface area (Å²) in [6.45, 7) is 16.6.